The van der Waals surface area contributed by atoms with Gasteiger partial charge in [-0.05, 0) is 62.7 Å². The van der Waals surface area contributed by atoms with Gasteiger partial charge in [-0.25, -0.2) is 13.1 Å². The van der Waals surface area contributed by atoms with E-state index < -0.39 is 10.0 Å². The first kappa shape index (κ1) is 22.1. The van der Waals surface area contributed by atoms with Gasteiger partial charge in [-0.15, -0.1) is 0 Å². The average molecular weight is 432 g/mol. The Labute approximate surface area is 178 Å². The normalized spacial score (nSPS) is 15.2. The van der Waals surface area contributed by atoms with E-state index in [0.29, 0.717) is 25.2 Å². The summed E-state index contributed by atoms with van der Waals surface area (Å²) in [6, 6.07) is 13.9. The SMILES string of the molecule is COc1ccc(N2CCCN(C(=O)c3cccc(S(=O)(=O)NC(C)C)c3)CC2)cc1. The van der Waals surface area contributed by atoms with Crippen molar-refractivity contribution >= 4 is 21.6 Å². The van der Waals surface area contributed by atoms with Crippen molar-refractivity contribution in [1.82, 2.24) is 9.62 Å². The zero-order chi connectivity index (χ0) is 21.7. The summed E-state index contributed by atoms with van der Waals surface area (Å²) in [7, 11) is -2.00. The fourth-order valence-corrected chi connectivity index (χ4v) is 4.83. The van der Waals surface area contributed by atoms with Gasteiger partial charge in [0, 0.05) is 43.5 Å². The number of anilines is 1. The zero-order valence-electron chi connectivity index (χ0n) is 17.7. The number of amides is 1. The molecule has 7 nitrogen and oxygen atoms in total. The lowest BCUT2D eigenvalue weighted by atomic mass is 10.2. The third-order valence-electron chi connectivity index (χ3n) is 5.00. The van der Waals surface area contributed by atoms with Crippen LogP contribution in [0.2, 0.25) is 0 Å². The Morgan fingerprint density at radius 3 is 2.43 bits per heavy atom. The lowest BCUT2D eigenvalue weighted by molar-refractivity contribution is 0.0767. The first-order chi connectivity index (χ1) is 14.3. The van der Waals surface area contributed by atoms with Crippen molar-refractivity contribution in [3.8, 4) is 5.75 Å². The van der Waals surface area contributed by atoms with Crippen LogP contribution >= 0.6 is 0 Å². The largest absolute Gasteiger partial charge is 0.497 e. The summed E-state index contributed by atoms with van der Waals surface area (Å²) >= 11 is 0. The number of benzene rings is 2. The van der Waals surface area contributed by atoms with Crippen molar-refractivity contribution in [3.63, 3.8) is 0 Å². The van der Waals surface area contributed by atoms with E-state index in [1.165, 1.54) is 12.1 Å². The van der Waals surface area contributed by atoms with Gasteiger partial charge >= 0.3 is 0 Å². The summed E-state index contributed by atoms with van der Waals surface area (Å²) in [6.07, 6.45) is 0.838. The number of methoxy groups -OCH3 is 1. The molecule has 1 heterocycles. The number of carbonyl (C=O) groups excluding carboxylic acids is 1. The standard InChI is InChI=1S/C22H29N3O4S/c1-17(2)23-30(27,28)21-7-4-6-18(16-21)22(26)25-13-5-12-24(14-15-25)19-8-10-20(29-3)11-9-19/h4,6-11,16-17,23H,5,12-15H2,1-3H3. The Kier molecular flexibility index (Phi) is 6.99. The summed E-state index contributed by atoms with van der Waals surface area (Å²) in [6.45, 7) is 6.29. The monoisotopic (exact) mass is 431 g/mol. The number of hydrogen-bond acceptors (Lipinski definition) is 5. The van der Waals surface area contributed by atoms with Gasteiger partial charge in [-0.3, -0.25) is 4.79 Å². The van der Waals surface area contributed by atoms with Gasteiger partial charge in [-0.2, -0.15) is 0 Å². The molecule has 162 valence electrons. The summed E-state index contributed by atoms with van der Waals surface area (Å²) in [4.78, 5) is 17.2. The predicted octanol–water partition coefficient (Wildman–Crippen LogP) is 2.73. The molecule has 1 aliphatic rings. The van der Waals surface area contributed by atoms with Gasteiger partial charge < -0.3 is 14.5 Å². The van der Waals surface area contributed by atoms with Crippen LogP contribution in [0.25, 0.3) is 0 Å². The lowest BCUT2D eigenvalue weighted by Crippen LogP contribution is -2.35. The smallest absolute Gasteiger partial charge is 0.253 e. The average Bonchev–Trinajstić information content (AvgIpc) is 2.99. The molecule has 1 amide bonds. The van der Waals surface area contributed by atoms with Gasteiger partial charge in [0.2, 0.25) is 10.0 Å². The molecular weight excluding hydrogens is 402 g/mol. The van der Waals surface area contributed by atoms with Crippen molar-refractivity contribution in [3.05, 3.63) is 54.1 Å². The Balaban J connectivity index is 1.71. The third-order valence-corrected chi connectivity index (χ3v) is 6.66. The lowest BCUT2D eigenvalue weighted by Gasteiger charge is -2.24. The highest BCUT2D eigenvalue weighted by molar-refractivity contribution is 7.89. The maximum absolute atomic E-state index is 13.1. The fourth-order valence-electron chi connectivity index (χ4n) is 3.53. The van der Waals surface area contributed by atoms with Crippen LogP contribution in [0.3, 0.4) is 0 Å². The number of ether oxygens (including phenoxy) is 1. The minimum absolute atomic E-state index is 0.108. The first-order valence-corrected chi connectivity index (χ1v) is 11.6. The highest BCUT2D eigenvalue weighted by Crippen LogP contribution is 2.21. The summed E-state index contributed by atoms with van der Waals surface area (Å²) < 4.78 is 32.7. The number of sulfonamides is 1. The molecule has 0 atom stereocenters. The second-order valence-electron chi connectivity index (χ2n) is 7.63. The molecule has 8 heteroatoms. The molecule has 0 radical (unpaired) electrons. The molecule has 1 N–H and O–H groups in total. The van der Waals surface area contributed by atoms with Gasteiger partial charge in [0.25, 0.3) is 5.91 Å². The second kappa shape index (κ2) is 9.49. The van der Waals surface area contributed by atoms with E-state index in [9.17, 15) is 13.2 Å². The van der Waals surface area contributed by atoms with Crippen LogP contribution in [0.5, 0.6) is 5.75 Å². The van der Waals surface area contributed by atoms with Crippen molar-refractivity contribution < 1.29 is 17.9 Å². The topological polar surface area (TPSA) is 79.0 Å². The Morgan fingerprint density at radius 1 is 1.03 bits per heavy atom. The van der Waals surface area contributed by atoms with E-state index in [-0.39, 0.29) is 16.8 Å². The molecule has 0 saturated carbocycles. The number of rotatable bonds is 6. The van der Waals surface area contributed by atoms with E-state index in [2.05, 4.69) is 9.62 Å². The maximum Gasteiger partial charge on any atom is 0.253 e. The number of nitrogens with zero attached hydrogens (tertiary/aromatic N) is 2. The Morgan fingerprint density at radius 2 is 1.77 bits per heavy atom. The highest BCUT2D eigenvalue weighted by atomic mass is 32.2. The van der Waals surface area contributed by atoms with Crippen LogP contribution in [0, 0.1) is 0 Å². The van der Waals surface area contributed by atoms with Crippen LogP contribution in [0.4, 0.5) is 5.69 Å². The van der Waals surface area contributed by atoms with Crippen molar-refractivity contribution in [2.24, 2.45) is 0 Å². The molecule has 0 aromatic heterocycles. The van der Waals surface area contributed by atoms with Crippen molar-refractivity contribution in [2.45, 2.75) is 31.2 Å². The molecule has 2 aromatic carbocycles. The van der Waals surface area contributed by atoms with Crippen molar-refractivity contribution in [1.29, 1.82) is 0 Å². The molecule has 30 heavy (non-hydrogen) atoms. The second-order valence-corrected chi connectivity index (χ2v) is 9.35. The molecule has 0 aliphatic carbocycles. The van der Waals surface area contributed by atoms with E-state index in [1.54, 1.807) is 38.0 Å². The summed E-state index contributed by atoms with van der Waals surface area (Å²) in [5.74, 6) is 0.667. The van der Waals surface area contributed by atoms with Crippen LogP contribution in [0.15, 0.2) is 53.4 Å². The van der Waals surface area contributed by atoms with Crippen LogP contribution in [-0.4, -0.2) is 58.6 Å². The van der Waals surface area contributed by atoms with Crippen LogP contribution in [-0.2, 0) is 10.0 Å². The summed E-state index contributed by atoms with van der Waals surface area (Å²) in [5.41, 5.74) is 1.48. The van der Waals surface area contributed by atoms with E-state index in [1.807, 2.05) is 24.3 Å². The third kappa shape index (κ3) is 5.31. The predicted molar refractivity (Wildman–Crippen MR) is 118 cm³/mol. The minimum atomic E-state index is -3.64. The zero-order valence-corrected chi connectivity index (χ0v) is 18.5. The fraction of sp³-hybridized carbons (Fsp3) is 0.409. The highest BCUT2D eigenvalue weighted by Gasteiger charge is 2.23. The molecule has 2 aromatic rings. The molecule has 1 fully saturated rings. The number of nitrogens with one attached hydrogen (secondary N) is 1. The maximum atomic E-state index is 13.1. The minimum Gasteiger partial charge on any atom is -0.497 e. The molecule has 1 saturated heterocycles. The van der Waals surface area contributed by atoms with E-state index in [0.717, 1.165) is 24.4 Å². The summed E-state index contributed by atoms with van der Waals surface area (Å²) in [5, 5.41) is 0. The molecule has 1 aliphatic heterocycles. The molecule has 3 rings (SSSR count). The van der Waals surface area contributed by atoms with Crippen LogP contribution < -0.4 is 14.4 Å². The van der Waals surface area contributed by atoms with Gasteiger partial charge in [0.15, 0.2) is 0 Å². The van der Waals surface area contributed by atoms with Crippen molar-refractivity contribution in [2.75, 3.05) is 38.2 Å². The Hall–Kier alpha value is -2.58. The quantitative estimate of drug-likeness (QED) is 0.761. The molecule has 0 unspecified atom stereocenters. The Bertz CT molecular complexity index is 974. The number of hydrogen-bond donors (Lipinski definition) is 1. The van der Waals surface area contributed by atoms with Gasteiger partial charge in [-0.1, -0.05) is 6.07 Å². The molecule has 0 spiro atoms. The number of carbonyl (C=O) groups is 1. The molecular formula is C22H29N3O4S. The van der Waals surface area contributed by atoms with E-state index in [4.69, 9.17) is 4.74 Å². The van der Waals surface area contributed by atoms with E-state index >= 15 is 0 Å². The molecule has 0 bridgehead atoms. The van der Waals surface area contributed by atoms with Crippen LogP contribution in [0.1, 0.15) is 30.6 Å². The van der Waals surface area contributed by atoms with Gasteiger partial charge in [0.1, 0.15) is 5.75 Å². The first-order valence-electron chi connectivity index (χ1n) is 10.1. The van der Waals surface area contributed by atoms with Gasteiger partial charge in [0.05, 0.1) is 12.0 Å².